The van der Waals surface area contributed by atoms with Crippen LogP contribution in [0.15, 0.2) is 36.4 Å². The number of nitrogens with one attached hydrogen (secondary N) is 1. The van der Waals surface area contributed by atoms with Crippen molar-refractivity contribution in [3.05, 3.63) is 64.5 Å². The Morgan fingerprint density at radius 1 is 1.22 bits per heavy atom. The van der Waals surface area contributed by atoms with Gasteiger partial charge in [-0.3, -0.25) is 4.79 Å². The summed E-state index contributed by atoms with van der Waals surface area (Å²) in [6.07, 6.45) is 0.758. The number of amides is 1. The van der Waals surface area contributed by atoms with Crippen LogP contribution in [0.2, 0.25) is 0 Å². The lowest BCUT2D eigenvalue weighted by Crippen LogP contribution is -2.28. The molecule has 4 heteroatoms. The average molecular weight is 315 g/mol. The first kappa shape index (κ1) is 17.0. The van der Waals surface area contributed by atoms with Gasteiger partial charge in [0.25, 0.3) is 5.91 Å². The predicted octanol–water partition coefficient (Wildman–Crippen LogP) is 4.33. The molecule has 0 spiro atoms. The number of aryl methyl sites for hydroxylation is 2. The van der Waals surface area contributed by atoms with Gasteiger partial charge in [0.15, 0.2) is 11.6 Å². The molecular weight excluding hydrogens is 293 g/mol. The summed E-state index contributed by atoms with van der Waals surface area (Å²) in [6.45, 7) is 6.08. The Morgan fingerprint density at radius 2 is 1.96 bits per heavy atom. The third-order valence-electron chi connectivity index (χ3n) is 3.93. The first-order chi connectivity index (χ1) is 11.0. The highest BCUT2D eigenvalue weighted by atomic mass is 19.1. The van der Waals surface area contributed by atoms with Crippen molar-refractivity contribution in [1.82, 2.24) is 5.32 Å². The molecule has 122 valence electrons. The van der Waals surface area contributed by atoms with Crippen LogP contribution in [0, 0.1) is 19.7 Å². The molecule has 1 amide bonds. The third kappa shape index (κ3) is 3.89. The van der Waals surface area contributed by atoms with E-state index in [0.29, 0.717) is 0 Å². The lowest BCUT2D eigenvalue weighted by Gasteiger charge is -2.20. The van der Waals surface area contributed by atoms with Crippen molar-refractivity contribution >= 4 is 5.91 Å². The number of carbonyl (C=O) groups excluding carboxylic acids is 1. The highest BCUT2D eigenvalue weighted by Gasteiger charge is 2.17. The molecule has 0 fully saturated rings. The quantitative estimate of drug-likeness (QED) is 0.891. The molecule has 0 aromatic heterocycles. The van der Waals surface area contributed by atoms with Gasteiger partial charge in [-0.25, -0.2) is 4.39 Å². The van der Waals surface area contributed by atoms with E-state index in [4.69, 9.17) is 4.74 Å². The minimum atomic E-state index is -0.542. The SMILES string of the molecule is CC[C@H](NC(=O)c1ccc(OC)c(F)c1)c1ccc(C)cc1C. The van der Waals surface area contributed by atoms with Gasteiger partial charge in [-0.1, -0.05) is 30.7 Å². The van der Waals surface area contributed by atoms with Gasteiger partial charge in [0.2, 0.25) is 0 Å². The first-order valence-electron chi connectivity index (χ1n) is 7.67. The topological polar surface area (TPSA) is 38.3 Å². The fraction of sp³-hybridized carbons (Fsp3) is 0.316. The van der Waals surface area contributed by atoms with E-state index in [0.717, 1.165) is 17.5 Å². The van der Waals surface area contributed by atoms with Gasteiger partial charge in [0.05, 0.1) is 13.2 Å². The largest absolute Gasteiger partial charge is 0.494 e. The Balaban J connectivity index is 2.21. The number of halogens is 1. The summed E-state index contributed by atoms with van der Waals surface area (Å²) in [5.41, 5.74) is 3.69. The molecule has 1 atom stereocenters. The van der Waals surface area contributed by atoms with Crippen LogP contribution >= 0.6 is 0 Å². The van der Waals surface area contributed by atoms with Gasteiger partial charge in [-0.05, 0) is 49.6 Å². The number of methoxy groups -OCH3 is 1. The highest BCUT2D eigenvalue weighted by molar-refractivity contribution is 5.94. The van der Waals surface area contributed by atoms with Crippen LogP contribution in [0.1, 0.15) is 46.4 Å². The minimum Gasteiger partial charge on any atom is -0.494 e. The van der Waals surface area contributed by atoms with E-state index >= 15 is 0 Å². The van der Waals surface area contributed by atoms with E-state index in [-0.39, 0.29) is 23.3 Å². The lowest BCUT2D eigenvalue weighted by molar-refractivity contribution is 0.0935. The molecule has 0 saturated heterocycles. The summed E-state index contributed by atoms with van der Waals surface area (Å²) in [7, 11) is 1.39. The second-order valence-electron chi connectivity index (χ2n) is 5.64. The number of hydrogen-bond donors (Lipinski definition) is 1. The summed E-state index contributed by atoms with van der Waals surface area (Å²) >= 11 is 0. The smallest absolute Gasteiger partial charge is 0.251 e. The van der Waals surface area contributed by atoms with Crippen molar-refractivity contribution in [3.63, 3.8) is 0 Å². The Kier molecular flexibility index (Phi) is 5.37. The summed E-state index contributed by atoms with van der Waals surface area (Å²) in [5.74, 6) is -0.707. The van der Waals surface area contributed by atoms with E-state index < -0.39 is 5.82 Å². The number of carbonyl (C=O) groups is 1. The Hall–Kier alpha value is -2.36. The van der Waals surface area contributed by atoms with Crippen LogP contribution in [0.5, 0.6) is 5.75 Å². The fourth-order valence-electron chi connectivity index (χ4n) is 2.67. The molecule has 0 bridgehead atoms. The van der Waals surface area contributed by atoms with Crippen molar-refractivity contribution < 1.29 is 13.9 Å². The molecule has 0 aliphatic carbocycles. The Bertz CT molecular complexity index is 713. The summed E-state index contributed by atoms with van der Waals surface area (Å²) in [4.78, 5) is 12.4. The monoisotopic (exact) mass is 315 g/mol. The normalized spacial score (nSPS) is 11.9. The number of rotatable bonds is 5. The zero-order valence-corrected chi connectivity index (χ0v) is 13.9. The average Bonchev–Trinajstić information content (AvgIpc) is 2.52. The van der Waals surface area contributed by atoms with Crippen LogP contribution in [-0.4, -0.2) is 13.0 Å². The van der Waals surface area contributed by atoms with E-state index in [1.54, 1.807) is 6.07 Å². The van der Waals surface area contributed by atoms with Crippen molar-refractivity contribution in [3.8, 4) is 5.75 Å². The van der Waals surface area contributed by atoms with E-state index in [9.17, 15) is 9.18 Å². The van der Waals surface area contributed by atoms with Gasteiger partial charge in [0, 0.05) is 5.56 Å². The third-order valence-corrected chi connectivity index (χ3v) is 3.93. The molecule has 0 radical (unpaired) electrons. The molecule has 0 unspecified atom stereocenters. The lowest BCUT2D eigenvalue weighted by atomic mass is 9.97. The molecule has 0 aliphatic heterocycles. The highest BCUT2D eigenvalue weighted by Crippen LogP contribution is 2.23. The Morgan fingerprint density at radius 3 is 2.52 bits per heavy atom. The van der Waals surface area contributed by atoms with Gasteiger partial charge in [0.1, 0.15) is 0 Å². The van der Waals surface area contributed by atoms with Crippen LogP contribution in [-0.2, 0) is 0 Å². The molecule has 0 aliphatic rings. The van der Waals surface area contributed by atoms with E-state index in [2.05, 4.69) is 11.4 Å². The predicted molar refractivity (Wildman–Crippen MR) is 89.4 cm³/mol. The maximum Gasteiger partial charge on any atom is 0.251 e. The van der Waals surface area contributed by atoms with E-state index in [1.165, 1.54) is 24.8 Å². The second kappa shape index (κ2) is 7.27. The van der Waals surface area contributed by atoms with Gasteiger partial charge in [-0.2, -0.15) is 0 Å². The molecular formula is C19H22FNO2. The van der Waals surface area contributed by atoms with Crippen molar-refractivity contribution in [1.29, 1.82) is 0 Å². The van der Waals surface area contributed by atoms with Crippen LogP contribution in [0.3, 0.4) is 0 Å². The summed E-state index contributed by atoms with van der Waals surface area (Å²) in [5, 5.41) is 2.98. The summed E-state index contributed by atoms with van der Waals surface area (Å²) in [6, 6.07) is 10.3. The van der Waals surface area contributed by atoms with Crippen molar-refractivity contribution in [2.24, 2.45) is 0 Å². The zero-order chi connectivity index (χ0) is 17.0. The molecule has 3 nitrogen and oxygen atoms in total. The molecule has 1 N–H and O–H groups in total. The molecule has 0 saturated carbocycles. The Labute approximate surface area is 136 Å². The van der Waals surface area contributed by atoms with E-state index in [1.807, 2.05) is 32.9 Å². The molecule has 0 heterocycles. The second-order valence-corrected chi connectivity index (χ2v) is 5.64. The van der Waals surface area contributed by atoms with Crippen LogP contribution in [0.4, 0.5) is 4.39 Å². The zero-order valence-electron chi connectivity index (χ0n) is 13.9. The number of hydrogen-bond acceptors (Lipinski definition) is 2. The maximum atomic E-state index is 13.8. The molecule has 23 heavy (non-hydrogen) atoms. The van der Waals surface area contributed by atoms with Crippen molar-refractivity contribution in [2.45, 2.75) is 33.2 Å². The maximum absolute atomic E-state index is 13.8. The standard InChI is InChI=1S/C19H22FNO2/c1-5-17(15-8-6-12(2)10-13(15)3)21-19(22)14-7-9-18(23-4)16(20)11-14/h6-11,17H,5H2,1-4H3,(H,21,22)/t17-/m0/s1. The molecule has 2 aromatic carbocycles. The minimum absolute atomic E-state index is 0.103. The van der Waals surface area contributed by atoms with Crippen molar-refractivity contribution in [2.75, 3.05) is 7.11 Å². The molecule has 2 aromatic rings. The number of ether oxygens (including phenoxy) is 1. The van der Waals surface area contributed by atoms with Gasteiger partial charge in [-0.15, -0.1) is 0 Å². The number of benzene rings is 2. The molecule has 2 rings (SSSR count). The van der Waals surface area contributed by atoms with Gasteiger partial charge < -0.3 is 10.1 Å². The van der Waals surface area contributed by atoms with Crippen LogP contribution < -0.4 is 10.1 Å². The van der Waals surface area contributed by atoms with Crippen LogP contribution in [0.25, 0.3) is 0 Å². The summed E-state index contributed by atoms with van der Waals surface area (Å²) < 4.78 is 18.6. The van der Waals surface area contributed by atoms with Gasteiger partial charge >= 0.3 is 0 Å². The first-order valence-corrected chi connectivity index (χ1v) is 7.67. The fourth-order valence-corrected chi connectivity index (χ4v) is 2.67.